The topological polar surface area (TPSA) is 12.5 Å². The van der Waals surface area contributed by atoms with Gasteiger partial charge in [-0.3, -0.25) is 0 Å². The Kier molecular flexibility index (Phi) is 3.80. The predicted octanol–water partition coefficient (Wildman–Crippen LogP) is 3.18. The molecule has 2 nitrogen and oxygen atoms in total. The Morgan fingerprint density at radius 2 is 1.89 bits per heavy atom. The smallest absolute Gasteiger partial charge is 0.416 e. The van der Waals surface area contributed by atoms with Crippen LogP contribution < -0.4 is 4.74 Å². The van der Waals surface area contributed by atoms with Crippen LogP contribution in [0.4, 0.5) is 13.2 Å². The Bertz CT molecular complexity index is 397. The SMILES string of the molecule is CN1CCC(Oc2cccc(C(F)(F)F)c2)CC1. The molecule has 100 valence electrons. The van der Waals surface area contributed by atoms with E-state index in [0.29, 0.717) is 5.75 Å². The summed E-state index contributed by atoms with van der Waals surface area (Å²) in [4.78, 5) is 2.19. The van der Waals surface area contributed by atoms with Crippen LogP contribution in [0.3, 0.4) is 0 Å². The second kappa shape index (κ2) is 5.18. The Labute approximate surface area is 104 Å². The van der Waals surface area contributed by atoms with Crippen molar-refractivity contribution in [2.24, 2.45) is 0 Å². The fourth-order valence-electron chi connectivity index (χ4n) is 2.04. The monoisotopic (exact) mass is 259 g/mol. The number of ether oxygens (including phenoxy) is 1. The maximum atomic E-state index is 12.5. The highest BCUT2D eigenvalue weighted by atomic mass is 19.4. The maximum absolute atomic E-state index is 12.5. The van der Waals surface area contributed by atoms with E-state index in [9.17, 15) is 13.2 Å². The van der Waals surface area contributed by atoms with Crippen LogP contribution in [-0.2, 0) is 6.18 Å². The summed E-state index contributed by atoms with van der Waals surface area (Å²) in [7, 11) is 2.03. The van der Waals surface area contributed by atoms with Crippen molar-refractivity contribution in [2.75, 3.05) is 20.1 Å². The van der Waals surface area contributed by atoms with Crippen molar-refractivity contribution in [3.05, 3.63) is 29.8 Å². The predicted molar refractivity (Wildman–Crippen MR) is 62.6 cm³/mol. The lowest BCUT2D eigenvalue weighted by atomic mass is 10.1. The van der Waals surface area contributed by atoms with Crippen molar-refractivity contribution in [1.82, 2.24) is 4.90 Å². The average Bonchev–Trinajstić information content (AvgIpc) is 2.31. The second-order valence-corrected chi connectivity index (χ2v) is 4.65. The van der Waals surface area contributed by atoms with E-state index in [1.54, 1.807) is 6.07 Å². The Hall–Kier alpha value is -1.23. The van der Waals surface area contributed by atoms with E-state index in [2.05, 4.69) is 4.90 Å². The van der Waals surface area contributed by atoms with Gasteiger partial charge in [-0.15, -0.1) is 0 Å². The number of piperidine rings is 1. The quantitative estimate of drug-likeness (QED) is 0.808. The van der Waals surface area contributed by atoms with Crippen LogP contribution in [0.15, 0.2) is 24.3 Å². The third kappa shape index (κ3) is 3.38. The van der Waals surface area contributed by atoms with Crippen molar-refractivity contribution >= 4 is 0 Å². The van der Waals surface area contributed by atoms with Crippen LogP contribution in [0.2, 0.25) is 0 Å². The van der Waals surface area contributed by atoms with Gasteiger partial charge in [0.25, 0.3) is 0 Å². The number of hydrogen-bond donors (Lipinski definition) is 0. The van der Waals surface area contributed by atoms with Gasteiger partial charge in [-0.1, -0.05) is 6.07 Å². The van der Waals surface area contributed by atoms with Crippen molar-refractivity contribution in [3.8, 4) is 5.75 Å². The number of halogens is 3. The van der Waals surface area contributed by atoms with Crippen LogP contribution in [0.25, 0.3) is 0 Å². The normalized spacial score (nSPS) is 18.9. The van der Waals surface area contributed by atoms with Crippen molar-refractivity contribution < 1.29 is 17.9 Å². The summed E-state index contributed by atoms with van der Waals surface area (Å²) in [6.07, 6.45) is -2.59. The lowest BCUT2D eigenvalue weighted by molar-refractivity contribution is -0.137. The molecule has 1 aliphatic heterocycles. The number of hydrogen-bond acceptors (Lipinski definition) is 2. The molecule has 0 radical (unpaired) electrons. The third-order valence-electron chi connectivity index (χ3n) is 3.13. The minimum absolute atomic E-state index is 0.0182. The summed E-state index contributed by atoms with van der Waals surface area (Å²) in [6, 6.07) is 5.08. The molecule has 0 N–H and O–H groups in total. The molecule has 2 rings (SSSR count). The summed E-state index contributed by atoms with van der Waals surface area (Å²) in [5, 5.41) is 0. The Morgan fingerprint density at radius 1 is 1.22 bits per heavy atom. The van der Waals surface area contributed by atoms with Crippen molar-refractivity contribution in [3.63, 3.8) is 0 Å². The van der Waals surface area contributed by atoms with E-state index in [1.165, 1.54) is 6.07 Å². The van der Waals surface area contributed by atoms with E-state index >= 15 is 0 Å². The van der Waals surface area contributed by atoms with Gasteiger partial charge in [0.2, 0.25) is 0 Å². The summed E-state index contributed by atoms with van der Waals surface area (Å²) in [5.41, 5.74) is -0.659. The van der Waals surface area contributed by atoms with Gasteiger partial charge in [0.1, 0.15) is 11.9 Å². The molecule has 1 aromatic rings. The van der Waals surface area contributed by atoms with E-state index in [0.717, 1.165) is 38.1 Å². The fourth-order valence-corrected chi connectivity index (χ4v) is 2.04. The molecule has 0 bridgehead atoms. The van der Waals surface area contributed by atoms with E-state index in [-0.39, 0.29) is 6.10 Å². The summed E-state index contributed by atoms with van der Waals surface area (Å²) < 4.78 is 43.2. The van der Waals surface area contributed by atoms with E-state index < -0.39 is 11.7 Å². The summed E-state index contributed by atoms with van der Waals surface area (Å²) in [6.45, 7) is 1.84. The molecule has 1 fully saturated rings. The zero-order chi connectivity index (χ0) is 13.2. The highest BCUT2D eigenvalue weighted by Gasteiger charge is 2.30. The number of rotatable bonds is 2. The van der Waals surface area contributed by atoms with Gasteiger partial charge in [-0.05, 0) is 38.1 Å². The zero-order valence-corrected chi connectivity index (χ0v) is 10.2. The van der Waals surface area contributed by atoms with Gasteiger partial charge in [0.05, 0.1) is 5.56 Å². The first-order valence-electron chi connectivity index (χ1n) is 5.97. The third-order valence-corrected chi connectivity index (χ3v) is 3.13. The minimum atomic E-state index is -4.31. The molecule has 0 spiro atoms. The van der Waals surface area contributed by atoms with Crippen LogP contribution in [0.5, 0.6) is 5.75 Å². The number of alkyl halides is 3. The molecule has 1 aliphatic rings. The molecule has 5 heteroatoms. The average molecular weight is 259 g/mol. The number of likely N-dealkylation sites (tertiary alicyclic amines) is 1. The molecule has 18 heavy (non-hydrogen) atoms. The Balaban J connectivity index is 2.01. The van der Waals surface area contributed by atoms with Crippen molar-refractivity contribution in [2.45, 2.75) is 25.1 Å². The summed E-state index contributed by atoms with van der Waals surface area (Å²) in [5.74, 6) is 0.305. The van der Waals surface area contributed by atoms with Crippen LogP contribution >= 0.6 is 0 Å². The van der Waals surface area contributed by atoms with Crippen LogP contribution in [0, 0.1) is 0 Å². The molecule has 0 aliphatic carbocycles. The largest absolute Gasteiger partial charge is 0.490 e. The molecular weight excluding hydrogens is 243 g/mol. The first-order valence-corrected chi connectivity index (χ1v) is 5.97. The van der Waals surface area contributed by atoms with Gasteiger partial charge in [0, 0.05) is 13.1 Å². The van der Waals surface area contributed by atoms with Crippen LogP contribution in [-0.4, -0.2) is 31.1 Å². The molecule has 0 amide bonds. The standard InChI is InChI=1S/C13H16F3NO/c1-17-7-5-11(6-8-17)18-12-4-2-3-10(9-12)13(14,15)16/h2-4,9,11H,5-8H2,1H3. The van der Waals surface area contributed by atoms with E-state index in [1.807, 2.05) is 7.05 Å². The maximum Gasteiger partial charge on any atom is 0.416 e. The zero-order valence-electron chi connectivity index (χ0n) is 10.2. The van der Waals surface area contributed by atoms with Crippen LogP contribution in [0.1, 0.15) is 18.4 Å². The molecule has 1 heterocycles. The van der Waals surface area contributed by atoms with Gasteiger partial charge < -0.3 is 9.64 Å². The van der Waals surface area contributed by atoms with Gasteiger partial charge in [-0.2, -0.15) is 13.2 Å². The lowest BCUT2D eigenvalue weighted by Gasteiger charge is -2.29. The molecule has 1 aromatic carbocycles. The molecule has 0 saturated carbocycles. The van der Waals surface area contributed by atoms with Gasteiger partial charge in [-0.25, -0.2) is 0 Å². The van der Waals surface area contributed by atoms with Crippen molar-refractivity contribution in [1.29, 1.82) is 0 Å². The molecule has 0 aromatic heterocycles. The lowest BCUT2D eigenvalue weighted by Crippen LogP contribution is -2.35. The highest BCUT2D eigenvalue weighted by Crippen LogP contribution is 2.31. The van der Waals surface area contributed by atoms with E-state index in [4.69, 9.17) is 4.74 Å². The second-order valence-electron chi connectivity index (χ2n) is 4.65. The summed E-state index contributed by atoms with van der Waals surface area (Å²) >= 11 is 0. The van der Waals surface area contributed by atoms with Gasteiger partial charge in [0.15, 0.2) is 0 Å². The first-order chi connectivity index (χ1) is 8.45. The highest BCUT2D eigenvalue weighted by molar-refractivity contribution is 5.30. The Morgan fingerprint density at radius 3 is 2.50 bits per heavy atom. The molecule has 0 atom stereocenters. The molecule has 0 unspecified atom stereocenters. The minimum Gasteiger partial charge on any atom is -0.490 e. The molecule has 1 saturated heterocycles. The number of benzene rings is 1. The number of nitrogens with zero attached hydrogens (tertiary/aromatic N) is 1. The first kappa shape index (κ1) is 13.2. The molecular formula is C13H16F3NO. The fraction of sp³-hybridized carbons (Fsp3) is 0.538. The van der Waals surface area contributed by atoms with Gasteiger partial charge >= 0.3 is 6.18 Å².